The van der Waals surface area contributed by atoms with Crippen molar-refractivity contribution in [2.75, 3.05) is 13.7 Å². The molecular weight excluding hydrogens is 278 g/mol. The number of halogens is 1. The highest BCUT2D eigenvalue weighted by molar-refractivity contribution is 6.20. The normalized spacial score (nSPS) is 12.2. The molecule has 0 saturated carbocycles. The average molecular weight is 296 g/mol. The summed E-state index contributed by atoms with van der Waals surface area (Å²) in [5, 5.41) is 7.99. The zero-order valence-corrected chi connectivity index (χ0v) is 12.4. The highest BCUT2D eigenvalue weighted by atomic mass is 35.5. The van der Waals surface area contributed by atoms with Crippen LogP contribution in [-0.4, -0.2) is 28.7 Å². The molecule has 6 heteroatoms. The molecule has 0 aliphatic heterocycles. The molecule has 0 amide bonds. The van der Waals surface area contributed by atoms with Gasteiger partial charge in [0.05, 0.1) is 25.2 Å². The quantitative estimate of drug-likeness (QED) is 0.737. The average Bonchev–Trinajstić information content (AvgIpc) is 2.96. The molecule has 2 rings (SSSR count). The molecular formula is C14H18ClN3O2. The predicted molar refractivity (Wildman–Crippen MR) is 77.4 cm³/mol. The minimum absolute atomic E-state index is 0.0844. The lowest BCUT2D eigenvalue weighted by Crippen LogP contribution is -2.09. The summed E-state index contributed by atoms with van der Waals surface area (Å²) in [5.74, 6) is 1.44. The number of methoxy groups -OCH3 is 1. The highest BCUT2D eigenvalue weighted by Crippen LogP contribution is 2.25. The number of aromatic nitrogens is 3. The van der Waals surface area contributed by atoms with Gasteiger partial charge in [-0.25, -0.2) is 4.68 Å². The second kappa shape index (κ2) is 7.14. The van der Waals surface area contributed by atoms with E-state index in [2.05, 4.69) is 10.3 Å². The van der Waals surface area contributed by atoms with E-state index in [0.717, 1.165) is 23.6 Å². The number of hydrogen-bond donors (Lipinski definition) is 0. The van der Waals surface area contributed by atoms with Gasteiger partial charge in [0.2, 0.25) is 0 Å². The van der Waals surface area contributed by atoms with Crippen LogP contribution in [0.4, 0.5) is 0 Å². The molecule has 0 saturated heterocycles. The summed E-state index contributed by atoms with van der Waals surface area (Å²) in [4.78, 5) is 0. The van der Waals surface area contributed by atoms with Gasteiger partial charge < -0.3 is 9.47 Å². The molecule has 20 heavy (non-hydrogen) atoms. The van der Waals surface area contributed by atoms with E-state index in [1.807, 2.05) is 37.4 Å². The zero-order chi connectivity index (χ0) is 14.4. The Labute approximate surface area is 123 Å². The molecule has 0 aliphatic carbocycles. The topological polar surface area (TPSA) is 49.2 Å². The van der Waals surface area contributed by atoms with Gasteiger partial charge in [-0.2, -0.15) is 0 Å². The Bertz CT molecular complexity index is 545. The van der Waals surface area contributed by atoms with Gasteiger partial charge in [-0.15, -0.1) is 16.7 Å². The van der Waals surface area contributed by atoms with Crippen LogP contribution in [0.25, 0.3) is 0 Å². The van der Waals surface area contributed by atoms with Crippen LogP contribution in [-0.2, 0) is 6.54 Å². The van der Waals surface area contributed by atoms with Crippen molar-refractivity contribution in [3.05, 3.63) is 36.2 Å². The Morgan fingerprint density at radius 2 is 2.05 bits per heavy atom. The first-order chi connectivity index (χ1) is 9.74. The maximum Gasteiger partial charge on any atom is 0.161 e. The summed E-state index contributed by atoms with van der Waals surface area (Å²) in [6.45, 7) is 3.11. The van der Waals surface area contributed by atoms with E-state index in [9.17, 15) is 0 Å². The lowest BCUT2D eigenvalue weighted by atomic mass is 10.3. The van der Waals surface area contributed by atoms with Crippen LogP contribution >= 0.6 is 11.6 Å². The Kier molecular flexibility index (Phi) is 5.24. The van der Waals surface area contributed by atoms with Crippen molar-refractivity contribution < 1.29 is 9.47 Å². The van der Waals surface area contributed by atoms with Gasteiger partial charge in [0, 0.05) is 0 Å². The van der Waals surface area contributed by atoms with Crippen LogP contribution in [0.2, 0.25) is 0 Å². The first-order valence-electron chi connectivity index (χ1n) is 6.54. The van der Waals surface area contributed by atoms with E-state index < -0.39 is 0 Å². The molecule has 0 radical (unpaired) electrons. The molecule has 1 unspecified atom stereocenters. The van der Waals surface area contributed by atoms with Crippen molar-refractivity contribution in [2.45, 2.75) is 25.3 Å². The lowest BCUT2D eigenvalue weighted by molar-refractivity contribution is 0.273. The molecule has 1 aromatic carbocycles. The Balaban J connectivity index is 1.88. The minimum Gasteiger partial charge on any atom is -0.493 e. The van der Waals surface area contributed by atoms with E-state index in [1.54, 1.807) is 11.8 Å². The van der Waals surface area contributed by atoms with Crippen LogP contribution in [0.15, 0.2) is 30.5 Å². The van der Waals surface area contributed by atoms with E-state index in [0.29, 0.717) is 13.2 Å². The van der Waals surface area contributed by atoms with Gasteiger partial charge in [0.1, 0.15) is 12.3 Å². The molecule has 0 bridgehead atoms. The molecule has 5 nitrogen and oxygen atoms in total. The fourth-order valence-corrected chi connectivity index (χ4v) is 1.86. The van der Waals surface area contributed by atoms with Gasteiger partial charge >= 0.3 is 0 Å². The molecule has 2 aromatic rings. The summed E-state index contributed by atoms with van der Waals surface area (Å²) in [7, 11) is 1.62. The number of hydrogen-bond acceptors (Lipinski definition) is 4. The molecule has 108 valence electrons. The van der Waals surface area contributed by atoms with Gasteiger partial charge in [0.25, 0.3) is 0 Å². The molecule has 0 spiro atoms. The molecule has 0 N–H and O–H groups in total. The van der Waals surface area contributed by atoms with Gasteiger partial charge in [-0.05, 0) is 18.6 Å². The van der Waals surface area contributed by atoms with Crippen molar-refractivity contribution in [1.29, 1.82) is 0 Å². The van der Waals surface area contributed by atoms with Gasteiger partial charge in [0.15, 0.2) is 11.5 Å². The van der Waals surface area contributed by atoms with Crippen molar-refractivity contribution in [2.24, 2.45) is 0 Å². The lowest BCUT2D eigenvalue weighted by Gasteiger charge is -2.09. The third-order valence-electron chi connectivity index (χ3n) is 2.88. The number of ether oxygens (including phenoxy) is 2. The van der Waals surface area contributed by atoms with Crippen LogP contribution in [0.3, 0.4) is 0 Å². The summed E-state index contributed by atoms with van der Waals surface area (Å²) in [5.41, 5.74) is 0.798. The van der Waals surface area contributed by atoms with Crippen LogP contribution in [0.5, 0.6) is 11.5 Å². The zero-order valence-electron chi connectivity index (χ0n) is 11.6. The number of rotatable bonds is 7. The van der Waals surface area contributed by atoms with Crippen molar-refractivity contribution >= 4 is 11.6 Å². The third-order valence-corrected chi connectivity index (χ3v) is 3.41. The Morgan fingerprint density at radius 3 is 2.75 bits per heavy atom. The minimum atomic E-state index is -0.0844. The predicted octanol–water partition coefficient (Wildman–Crippen LogP) is 3.06. The monoisotopic (exact) mass is 295 g/mol. The summed E-state index contributed by atoms with van der Waals surface area (Å²) >= 11 is 6.11. The highest BCUT2D eigenvalue weighted by Gasteiger charge is 2.10. The number of para-hydroxylation sites is 2. The van der Waals surface area contributed by atoms with Gasteiger partial charge in [-0.1, -0.05) is 24.3 Å². The maximum atomic E-state index is 6.11. The van der Waals surface area contributed by atoms with Gasteiger partial charge in [-0.3, -0.25) is 0 Å². The number of alkyl halides is 1. The second-order valence-corrected chi connectivity index (χ2v) is 4.81. The Hall–Kier alpha value is -1.75. The molecule has 0 aliphatic rings. The molecule has 1 aromatic heterocycles. The number of nitrogens with zero attached hydrogens (tertiary/aromatic N) is 3. The van der Waals surface area contributed by atoms with Crippen LogP contribution < -0.4 is 9.47 Å². The smallest absolute Gasteiger partial charge is 0.161 e. The first-order valence-corrected chi connectivity index (χ1v) is 6.98. The fourth-order valence-electron chi connectivity index (χ4n) is 1.76. The summed E-state index contributed by atoms with van der Waals surface area (Å²) < 4.78 is 12.6. The standard InChI is InChI=1S/C14H18ClN3O2/c1-3-11(15)12-10-18(17-16-12)8-9-20-14-7-5-4-6-13(14)19-2/h4-7,10-11H,3,8-9H2,1-2H3. The fraction of sp³-hybridized carbons (Fsp3) is 0.429. The largest absolute Gasteiger partial charge is 0.493 e. The third kappa shape index (κ3) is 3.63. The van der Waals surface area contributed by atoms with Crippen molar-refractivity contribution in [1.82, 2.24) is 15.0 Å². The summed E-state index contributed by atoms with van der Waals surface area (Å²) in [6, 6.07) is 7.55. The first kappa shape index (κ1) is 14.7. The maximum absolute atomic E-state index is 6.11. The van der Waals surface area contributed by atoms with Crippen molar-refractivity contribution in [3.63, 3.8) is 0 Å². The second-order valence-electron chi connectivity index (χ2n) is 4.28. The van der Waals surface area contributed by atoms with E-state index in [4.69, 9.17) is 21.1 Å². The van der Waals surface area contributed by atoms with Crippen LogP contribution in [0, 0.1) is 0 Å². The number of benzene rings is 1. The molecule has 0 fully saturated rings. The van der Waals surface area contributed by atoms with Crippen molar-refractivity contribution in [3.8, 4) is 11.5 Å². The van der Waals surface area contributed by atoms with E-state index in [1.165, 1.54) is 0 Å². The van der Waals surface area contributed by atoms with Crippen LogP contribution in [0.1, 0.15) is 24.4 Å². The van der Waals surface area contributed by atoms with E-state index >= 15 is 0 Å². The SMILES string of the molecule is CCC(Cl)c1cn(CCOc2ccccc2OC)nn1. The molecule has 1 heterocycles. The van der Waals surface area contributed by atoms with E-state index in [-0.39, 0.29) is 5.38 Å². The molecule has 1 atom stereocenters. The Morgan fingerprint density at radius 1 is 1.30 bits per heavy atom. The summed E-state index contributed by atoms with van der Waals surface area (Å²) in [6.07, 6.45) is 2.69.